The summed E-state index contributed by atoms with van der Waals surface area (Å²) < 4.78 is 0. The van der Waals surface area contributed by atoms with Crippen LogP contribution in [0.4, 0.5) is 51.2 Å². The highest BCUT2D eigenvalue weighted by molar-refractivity contribution is 5.98. The van der Waals surface area contributed by atoms with E-state index in [1.165, 1.54) is 44.5 Å². The van der Waals surface area contributed by atoms with Crippen LogP contribution in [0.1, 0.15) is 72.2 Å². The fourth-order valence-corrected chi connectivity index (χ4v) is 13.7. The van der Waals surface area contributed by atoms with Gasteiger partial charge < -0.3 is 14.7 Å². The zero-order valence-electron chi connectivity index (χ0n) is 42.9. The fourth-order valence-electron chi connectivity index (χ4n) is 13.7. The van der Waals surface area contributed by atoms with Gasteiger partial charge in [0.1, 0.15) is 0 Å². The summed E-state index contributed by atoms with van der Waals surface area (Å²) >= 11 is 0. The Morgan fingerprint density at radius 1 is 0.303 bits per heavy atom. The molecule has 0 atom stereocenters. The van der Waals surface area contributed by atoms with Gasteiger partial charge >= 0.3 is 0 Å². The van der Waals surface area contributed by atoms with Gasteiger partial charge in [0, 0.05) is 63.0 Å². The van der Waals surface area contributed by atoms with Gasteiger partial charge in [0.05, 0.1) is 28.2 Å². The van der Waals surface area contributed by atoms with Gasteiger partial charge in [-0.2, -0.15) is 0 Å². The molecule has 0 N–H and O–H groups in total. The van der Waals surface area contributed by atoms with E-state index in [9.17, 15) is 0 Å². The lowest BCUT2D eigenvalue weighted by molar-refractivity contribution is 0.660. The second-order valence-electron chi connectivity index (χ2n) is 21.8. The Labute approximate surface area is 444 Å². The number of anilines is 9. The van der Waals surface area contributed by atoms with Crippen molar-refractivity contribution in [3.8, 4) is 33.6 Å². The average molecular weight is 976 g/mol. The van der Waals surface area contributed by atoms with Crippen molar-refractivity contribution in [2.45, 2.75) is 43.9 Å². The SMILES string of the molecule is CC1(C)c2ccccc2-c2ccc(N(c3ccccc3)c3ccc4c(c3)C3(c5cc(N(c6ccccc6)c6ccc7c(c6)C(C)(C)c6ccccc6-7)ccc5N4c4ccccc4)c4cccnc4-c4ncccc43)cc21. The zero-order chi connectivity index (χ0) is 50.9. The smallest absolute Gasteiger partial charge is 0.0937 e. The predicted molar refractivity (Wildman–Crippen MR) is 312 cm³/mol. The van der Waals surface area contributed by atoms with E-state index in [0.717, 1.165) is 84.8 Å². The molecule has 0 unspecified atom stereocenters. The van der Waals surface area contributed by atoms with E-state index in [4.69, 9.17) is 9.97 Å². The normalized spacial score (nSPS) is 14.9. The number of benzene rings is 9. The van der Waals surface area contributed by atoms with Crippen molar-refractivity contribution in [2.24, 2.45) is 0 Å². The highest BCUT2D eigenvalue weighted by Crippen LogP contribution is 2.64. The second kappa shape index (κ2) is 16.3. The van der Waals surface area contributed by atoms with Crippen molar-refractivity contribution in [1.29, 1.82) is 0 Å². The van der Waals surface area contributed by atoms with Gasteiger partial charge in [-0.05, 0) is 176 Å². The first-order valence-corrected chi connectivity index (χ1v) is 26.5. The number of rotatable bonds is 7. The third kappa shape index (κ3) is 6.14. The van der Waals surface area contributed by atoms with Crippen molar-refractivity contribution in [3.63, 3.8) is 0 Å². The Kier molecular flexibility index (Phi) is 9.50. The molecule has 0 saturated carbocycles. The second-order valence-corrected chi connectivity index (χ2v) is 21.8. The molecule has 0 fully saturated rings. The Bertz CT molecular complexity index is 3890. The van der Waals surface area contributed by atoms with E-state index in [1.54, 1.807) is 0 Å². The maximum atomic E-state index is 5.21. The van der Waals surface area contributed by atoms with Crippen molar-refractivity contribution in [1.82, 2.24) is 9.97 Å². The van der Waals surface area contributed by atoms with Gasteiger partial charge in [-0.25, -0.2) is 0 Å². The summed E-state index contributed by atoms with van der Waals surface area (Å²) in [6.45, 7) is 9.45. The standard InChI is InChI=1S/C71H53N5/c1-69(2)57-28-16-14-26-53(57)55-36-32-49(42-61(55)69)74(46-20-8-5-9-21-46)51-34-38-65-63(44-51)71(59-30-18-40-72-67(59)68-60(71)31-19-41-73-68)64-45-52(35-39-66(64)76(65)48-24-12-7-13-25-48)75(47-22-10-6-11-23-47)50-33-37-56-54-27-15-17-29-58(54)70(3,4)62(56)43-50/h5-45H,1-4H3. The van der Waals surface area contributed by atoms with Crippen LogP contribution >= 0.6 is 0 Å². The summed E-state index contributed by atoms with van der Waals surface area (Å²) in [5, 5.41) is 0. The van der Waals surface area contributed by atoms with Crippen LogP contribution in [0.25, 0.3) is 33.6 Å². The number of fused-ring (bicyclic) bond motifs is 15. The molecule has 5 heteroatoms. The number of aromatic nitrogens is 2. The lowest BCUT2D eigenvalue weighted by Crippen LogP contribution is -2.36. The van der Waals surface area contributed by atoms with Gasteiger partial charge in [0.15, 0.2) is 0 Å². The molecule has 0 radical (unpaired) electrons. The molecule has 362 valence electrons. The first-order chi connectivity index (χ1) is 37.2. The molecule has 3 heterocycles. The topological polar surface area (TPSA) is 35.5 Å². The molecule has 4 aliphatic rings. The third-order valence-electron chi connectivity index (χ3n) is 17.1. The van der Waals surface area contributed by atoms with Crippen LogP contribution in [-0.2, 0) is 16.2 Å². The lowest BCUT2D eigenvalue weighted by atomic mass is 9.64. The molecule has 0 amide bonds. The van der Waals surface area contributed by atoms with Crippen LogP contribution < -0.4 is 14.7 Å². The number of para-hydroxylation sites is 3. The minimum Gasteiger partial charge on any atom is -0.310 e. The lowest BCUT2D eigenvalue weighted by Gasteiger charge is -2.45. The Balaban J connectivity index is 1.00. The molecule has 0 bridgehead atoms. The van der Waals surface area contributed by atoms with E-state index in [2.05, 4.69) is 279 Å². The van der Waals surface area contributed by atoms with E-state index < -0.39 is 5.41 Å². The Morgan fingerprint density at radius 2 is 0.658 bits per heavy atom. The molecule has 0 saturated heterocycles. The van der Waals surface area contributed by atoms with E-state index in [0.29, 0.717) is 0 Å². The molecule has 11 aromatic rings. The van der Waals surface area contributed by atoms with Gasteiger partial charge in [-0.3, -0.25) is 9.97 Å². The van der Waals surface area contributed by atoms with Gasteiger partial charge in [-0.15, -0.1) is 0 Å². The van der Waals surface area contributed by atoms with Crippen molar-refractivity contribution in [2.75, 3.05) is 14.7 Å². The molecule has 15 rings (SSSR count). The van der Waals surface area contributed by atoms with Crippen LogP contribution in [0.5, 0.6) is 0 Å². The van der Waals surface area contributed by atoms with Crippen LogP contribution in [0.2, 0.25) is 0 Å². The summed E-state index contributed by atoms with van der Waals surface area (Å²) in [6.07, 6.45) is 3.83. The minimum absolute atomic E-state index is 0.173. The average Bonchev–Trinajstić information content (AvgIpc) is 4.18. The van der Waals surface area contributed by atoms with Crippen molar-refractivity contribution >= 4 is 51.2 Å². The zero-order valence-corrected chi connectivity index (χ0v) is 42.9. The first-order valence-electron chi connectivity index (χ1n) is 26.5. The molecule has 5 nitrogen and oxygen atoms in total. The summed E-state index contributed by atoms with van der Waals surface area (Å²) in [7, 11) is 0. The maximum absolute atomic E-state index is 5.21. The quantitative estimate of drug-likeness (QED) is 0.159. The summed E-state index contributed by atoms with van der Waals surface area (Å²) in [5.41, 5.74) is 25.5. The number of hydrogen-bond acceptors (Lipinski definition) is 5. The highest BCUT2D eigenvalue weighted by atomic mass is 15.2. The number of pyridine rings is 2. The minimum atomic E-state index is -0.844. The van der Waals surface area contributed by atoms with Crippen molar-refractivity contribution < 1.29 is 0 Å². The van der Waals surface area contributed by atoms with E-state index in [1.807, 2.05) is 12.4 Å². The molecule has 1 spiro atoms. The Morgan fingerprint density at radius 3 is 1.11 bits per heavy atom. The van der Waals surface area contributed by atoms with Crippen LogP contribution in [0.3, 0.4) is 0 Å². The molecule has 2 aromatic heterocycles. The molecule has 9 aromatic carbocycles. The first kappa shape index (κ1) is 44.2. The van der Waals surface area contributed by atoms with Gasteiger partial charge in [0.2, 0.25) is 0 Å². The van der Waals surface area contributed by atoms with E-state index >= 15 is 0 Å². The summed E-state index contributed by atoms with van der Waals surface area (Å²) in [5.74, 6) is 0. The van der Waals surface area contributed by atoms with Gasteiger partial charge in [-0.1, -0.05) is 155 Å². The maximum Gasteiger partial charge on any atom is 0.0937 e. The predicted octanol–water partition coefficient (Wildman–Crippen LogP) is 18.2. The van der Waals surface area contributed by atoms with Crippen LogP contribution in [0.15, 0.2) is 249 Å². The van der Waals surface area contributed by atoms with E-state index in [-0.39, 0.29) is 10.8 Å². The summed E-state index contributed by atoms with van der Waals surface area (Å²) in [6, 6.07) is 87.5. The molecular formula is C71H53N5. The largest absolute Gasteiger partial charge is 0.310 e. The number of hydrogen-bond donors (Lipinski definition) is 0. The molecule has 76 heavy (non-hydrogen) atoms. The molecular weight excluding hydrogens is 923 g/mol. The van der Waals surface area contributed by atoms with Crippen molar-refractivity contribution in [3.05, 3.63) is 293 Å². The third-order valence-corrected chi connectivity index (χ3v) is 17.1. The number of nitrogens with zero attached hydrogens (tertiary/aromatic N) is 5. The highest BCUT2D eigenvalue weighted by Gasteiger charge is 2.54. The molecule has 1 aliphatic heterocycles. The van der Waals surface area contributed by atoms with Crippen LogP contribution in [0, 0.1) is 0 Å². The summed E-state index contributed by atoms with van der Waals surface area (Å²) in [4.78, 5) is 17.8. The fraction of sp³-hybridized carbons (Fsp3) is 0.0986. The monoisotopic (exact) mass is 975 g/mol. The molecule has 3 aliphatic carbocycles. The van der Waals surface area contributed by atoms with Gasteiger partial charge in [0.25, 0.3) is 0 Å². The van der Waals surface area contributed by atoms with Crippen LogP contribution in [-0.4, -0.2) is 9.97 Å². The Hall–Kier alpha value is -9.32.